The number of carbonyl (C=O) groups is 1. The SMILES string of the molecule is CC(Oc1ccc(F)cc1)C(=O)NCC1(O)CCCCC1. The molecule has 2 N–H and O–H groups in total. The topological polar surface area (TPSA) is 58.6 Å². The van der Waals surface area contributed by atoms with E-state index in [1.54, 1.807) is 6.92 Å². The van der Waals surface area contributed by atoms with Crippen LogP contribution < -0.4 is 10.1 Å². The molecule has 0 saturated heterocycles. The first kappa shape index (κ1) is 15.8. The molecule has 0 aromatic heterocycles. The molecule has 1 aromatic rings. The normalized spacial score (nSPS) is 18.8. The Bertz CT molecular complexity index is 469. The van der Waals surface area contributed by atoms with Gasteiger partial charge in [0.25, 0.3) is 5.91 Å². The van der Waals surface area contributed by atoms with Crippen molar-refractivity contribution >= 4 is 5.91 Å². The summed E-state index contributed by atoms with van der Waals surface area (Å²) in [5.41, 5.74) is -0.788. The first-order valence-corrected chi connectivity index (χ1v) is 7.41. The van der Waals surface area contributed by atoms with Crippen molar-refractivity contribution in [3.05, 3.63) is 30.1 Å². The molecular formula is C16H22FNO3. The van der Waals surface area contributed by atoms with Gasteiger partial charge in [-0.25, -0.2) is 4.39 Å². The highest BCUT2D eigenvalue weighted by Crippen LogP contribution is 2.27. The molecule has 0 radical (unpaired) electrons. The predicted octanol–water partition coefficient (Wildman–Crippen LogP) is 2.40. The quantitative estimate of drug-likeness (QED) is 0.877. The van der Waals surface area contributed by atoms with E-state index in [0.717, 1.165) is 32.1 Å². The third kappa shape index (κ3) is 4.70. The molecule has 1 aliphatic carbocycles. The standard InChI is InChI=1S/C16H22FNO3/c1-12(21-14-7-5-13(17)6-8-14)15(19)18-11-16(20)9-3-2-4-10-16/h5-8,12,20H,2-4,9-11H2,1H3,(H,18,19). The molecule has 0 spiro atoms. The summed E-state index contributed by atoms with van der Waals surface area (Å²) in [4.78, 5) is 12.0. The van der Waals surface area contributed by atoms with Crippen LogP contribution in [0.15, 0.2) is 24.3 Å². The largest absolute Gasteiger partial charge is 0.481 e. The second-order valence-corrected chi connectivity index (χ2v) is 5.72. The summed E-state index contributed by atoms with van der Waals surface area (Å²) in [5.74, 6) is -0.187. The summed E-state index contributed by atoms with van der Waals surface area (Å²) in [6, 6.07) is 5.52. The van der Waals surface area contributed by atoms with E-state index in [1.165, 1.54) is 24.3 Å². The molecule has 1 aliphatic rings. The molecule has 0 bridgehead atoms. The van der Waals surface area contributed by atoms with E-state index >= 15 is 0 Å². The number of ether oxygens (including phenoxy) is 1. The second kappa shape index (κ2) is 6.89. The molecule has 0 heterocycles. The summed E-state index contributed by atoms with van der Waals surface area (Å²) >= 11 is 0. The highest BCUT2D eigenvalue weighted by Gasteiger charge is 2.30. The molecule has 1 aromatic carbocycles. The Hall–Kier alpha value is -1.62. The minimum atomic E-state index is -0.788. The maximum absolute atomic E-state index is 12.8. The Morgan fingerprint density at radius 2 is 1.95 bits per heavy atom. The molecule has 2 rings (SSSR count). The number of hydrogen-bond acceptors (Lipinski definition) is 3. The maximum Gasteiger partial charge on any atom is 0.260 e. The fourth-order valence-electron chi connectivity index (χ4n) is 2.55. The summed E-state index contributed by atoms with van der Waals surface area (Å²) in [6.45, 7) is 1.88. The van der Waals surface area contributed by atoms with Gasteiger partial charge in [0, 0.05) is 6.54 Å². The van der Waals surface area contributed by atoms with E-state index in [-0.39, 0.29) is 18.3 Å². The van der Waals surface area contributed by atoms with Gasteiger partial charge < -0.3 is 15.2 Å². The van der Waals surface area contributed by atoms with Crippen molar-refractivity contribution in [1.82, 2.24) is 5.32 Å². The second-order valence-electron chi connectivity index (χ2n) is 5.72. The van der Waals surface area contributed by atoms with Gasteiger partial charge in [-0.1, -0.05) is 19.3 Å². The van der Waals surface area contributed by atoms with Crippen molar-refractivity contribution in [2.45, 2.75) is 50.7 Å². The number of nitrogens with one attached hydrogen (secondary N) is 1. The van der Waals surface area contributed by atoms with Crippen LogP contribution in [0.3, 0.4) is 0 Å². The number of amides is 1. The fraction of sp³-hybridized carbons (Fsp3) is 0.562. The maximum atomic E-state index is 12.8. The Balaban J connectivity index is 1.80. The van der Waals surface area contributed by atoms with Crippen molar-refractivity contribution in [2.75, 3.05) is 6.54 Å². The van der Waals surface area contributed by atoms with Gasteiger partial charge in [-0.2, -0.15) is 0 Å². The van der Waals surface area contributed by atoms with Gasteiger partial charge in [-0.05, 0) is 44.0 Å². The van der Waals surface area contributed by atoms with E-state index in [9.17, 15) is 14.3 Å². The molecule has 116 valence electrons. The molecule has 1 amide bonds. The number of carbonyl (C=O) groups excluding carboxylic acids is 1. The lowest BCUT2D eigenvalue weighted by Gasteiger charge is -2.32. The van der Waals surface area contributed by atoms with Crippen molar-refractivity contribution in [3.63, 3.8) is 0 Å². The number of hydrogen-bond donors (Lipinski definition) is 2. The highest BCUT2D eigenvalue weighted by molar-refractivity contribution is 5.80. The van der Waals surface area contributed by atoms with E-state index in [1.807, 2.05) is 0 Å². The Morgan fingerprint density at radius 1 is 1.33 bits per heavy atom. The van der Waals surface area contributed by atoms with Crippen molar-refractivity contribution in [1.29, 1.82) is 0 Å². The van der Waals surface area contributed by atoms with E-state index in [0.29, 0.717) is 5.75 Å². The van der Waals surface area contributed by atoms with Gasteiger partial charge >= 0.3 is 0 Å². The van der Waals surface area contributed by atoms with Gasteiger partial charge in [-0.15, -0.1) is 0 Å². The van der Waals surface area contributed by atoms with E-state index in [2.05, 4.69) is 5.32 Å². The molecule has 4 nitrogen and oxygen atoms in total. The zero-order chi connectivity index (χ0) is 15.3. The molecule has 0 aliphatic heterocycles. The van der Waals surface area contributed by atoms with E-state index in [4.69, 9.17) is 4.74 Å². The van der Waals surface area contributed by atoms with Crippen LogP contribution in [-0.4, -0.2) is 29.3 Å². The number of rotatable bonds is 5. The molecule has 1 atom stereocenters. The van der Waals surface area contributed by atoms with Crippen molar-refractivity contribution in [3.8, 4) is 5.75 Å². The fourth-order valence-corrected chi connectivity index (χ4v) is 2.55. The Morgan fingerprint density at radius 3 is 2.57 bits per heavy atom. The summed E-state index contributed by atoms with van der Waals surface area (Å²) in [7, 11) is 0. The number of halogens is 1. The van der Waals surface area contributed by atoms with Crippen molar-refractivity contribution in [2.24, 2.45) is 0 Å². The van der Waals surface area contributed by atoms with E-state index < -0.39 is 11.7 Å². The summed E-state index contributed by atoms with van der Waals surface area (Å²) in [5, 5.41) is 13.1. The third-order valence-corrected chi connectivity index (χ3v) is 3.87. The van der Waals surface area contributed by atoms with Gasteiger partial charge in [-0.3, -0.25) is 4.79 Å². The minimum Gasteiger partial charge on any atom is -0.481 e. The monoisotopic (exact) mass is 295 g/mol. The minimum absolute atomic E-state index is 0.253. The molecule has 1 saturated carbocycles. The summed E-state index contributed by atoms with van der Waals surface area (Å²) < 4.78 is 18.2. The lowest BCUT2D eigenvalue weighted by atomic mass is 9.85. The van der Waals surface area contributed by atoms with Crippen molar-refractivity contribution < 1.29 is 19.0 Å². The molecule has 1 unspecified atom stereocenters. The zero-order valence-corrected chi connectivity index (χ0v) is 12.3. The average Bonchev–Trinajstić information content (AvgIpc) is 2.48. The highest BCUT2D eigenvalue weighted by atomic mass is 19.1. The van der Waals surface area contributed by atoms with Gasteiger partial charge in [0.2, 0.25) is 0 Å². The number of aliphatic hydroxyl groups is 1. The first-order chi connectivity index (χ1) is 9.98. The van der Waals surface area contributed by atoms with Crippen LogP contribution >= 0.6 is 0 Å². The van der Waals surface area contributed by atoms with Crippen LogP contribution in [0.1, 0.15) is 39.0 Å². The van der Waals surface area contributed by atoms with Crippen LogP contribution in [0.2, 0.25) is 0 Å². The van der Waals surface area contributed by atoms with Crippen LogP contribution in [0, 0.1) is 5.82 Å². The van der Waals surface area contributed by atoms with Crippen LogP contribution in [-0.2, 0) is 4.79 Å². The van der Waals surface area contributed by atoms with Gasteiger partial charge in [0.05, 0.1) is 5.60 Å². The Kier molecular flexibility index (Phi) is 5.17. The van der Waals surface area contributed by atoms with Crippen LogP contribution in [0.4, 0.5) is 4.39 Å². The van der Waals surface area contributed by atoms with Crippen LogP contribution in [0.5, 0.6) is 5.75 Å². The zero-order valence-electron chi connectivity index (χ0n) is 12.3. The lowest BCUT2D eigenvalue weighted by molar-refractivity contribution is -0.128. The molecule has 21 heavy (non-hydrogen) atoms. The van der Waals surface area contributed by atoms with Crippen LogP contribution in [0.25, 0.3) is 0 Å². The predicted molar refractivity (Wildman–Crippen MR) is 77.5 cm³/mol. The number of benzene rings is 1. The summed E-state index contributed by atoms with van der Waals surface area (Å²) in [6.07, 6.45) is 3.88. The smallest absolute Gasteiger partial charge is 0.260 e. The first-order valence-electron chi connectivity index (χ1n) is 7.41. The molecule has 5 heteroatoms. The average molecular weight is 295 g/mol. The van der Waals surface area contributed by atoms with Gasteiger partial charge in [0.15, 0.2) is 6.10 Å². The Labute approximate surface area is 124 Å². The lowest BCUT2D eigenvalue weighted by Crippen LogP contribution is -2.47. The molecule has 1 fully saturated rings. The molecular weight excluding hydrogens is 273 g/mol. The third-order valence-electron chi connectivity index (χ3n) is 3.87. The van der Waals surface area contributed by atoms with Gasteiger partial charge in [0.1, 0.15) is 11.6 Å².